The van der Waals surface area contributed by atoms with Crippen molar-refractivity contribution in [2.45, 2.75) is 0 Å². The zero-order valence-electron chi connectivity index (χ0n) is 14.5. The molecule has 0 fully saturated rings. The van der Waals surface area contributed by atoms with Gasteiger partial charge in [-0.3, -0.25) is 0 Å². The smallest absolute Gasteiger partial charge is 0.0624 e. The van der Waals surface area contributed by atoms with E-state index in [0.717, 1.165) is 0 Å². The van der Waals surface area contributed by atoms with Crippen LogP contribution < -0.4 is 21.0 Å². The SMILES string of the molecule is c1ccc([Si](c2ccccc2)P(c2ccccc2)c2ccccc2)cc1. The number of rotatable bonds is 5. The minimum absolute atomic E-state index is 0.465. The average Bonchev–Trinajstić information content (AvgIpc) is 2.74. The quantitative estimate of drug-likeness (QED) is 0.370. The van der Waals surface area contributed by atoms with Crippen LogP contribution in [0.5, 0.6) is 0 Å². The summed E-state index contributed by atoms with van der Waals surface area (Å²) in [6.07, 6.45) is 0. The Morgan fingerprint density at radius 1 is 0.385 bits per heavy atom. The molecule has 0 unspecified atom stereocenters. The Kier molecular flexibility index (Phi) is 5.40. The highest BCUT2D eigenvalue weighted by atomic mass is 31.4. The van der Waals surface area contributed by atoms with Crippen molar-refractivity contribution >= 4 is 36.9 Å². The highest BCUT2D eigenvalue weighted by Gasteiger charge is 2.29. The average molecular weight is 367 g/mol. The molecule has 0 aliphatic rings. The Balaban J connectivity index is 1.93. The lowest BCUT2D eigenvalue weighted by Crippen LogP contribution is -2.45. The van der Waals surface area contributed by atoms with Crippen molar-refractivity contribution in [1.29, 1.82) is 0 Å². The van der Waals surface area contributed by atoms with Crippen LogP contribution in [0.15, 0.2) is 121 Å². The largest absolute Gasteiger partial charge is 0.160 e. The van der Waals surface area contributed by atoms with Gasteiger partial charge in [0.25, 0.3) is 0 Å². The predicted molar refractivity (Wildman–Crippen MR) is 117 cm³/mol. The molecule has 0 atom stereocenters. The normalized spacial score (nSPS) is 11.0. The Labute approximate surface area is 158 Å². The minimum Gasteiger partial charge on any atom is -0.0624 e. The Morgan fingerprint density at radius 2 is 0.692 bits per heavy atom. The summed E-state index contributed by atoms with van der Waals surface area (Å²) in [5.74, 6) is 0. The first kappa shape index (κ1) is 17.0. The molecule has 0 aliphatic carbocycles. The molecular formula is C24H20PSi. The summed E-state index contributed by atoms with van der Waals surface area (Å²) >= 11 is 0. The summed E-state index contributed by atoms with van der Waals surface area (Å²) in [6, 6.07) is 44.3. The fourth-order valence-electron chi connectivity index (χ4n) is 3.18. The molecule has 0 bridgehead atoms. The van der Waals surface area contributed by atoms with Crippen molar-refractivity contribution in [3.05, 3.63) is 121 Å². The van der Waals surface area contributed by atoms with Crippen molar-refractivity contribution < 1.29 is 0 Å². The van der Waals surface area contributed by atoms with Crippen LogP contribution in [0.2, 0.25) is 0 Å². The minimum atomic E-state index is -0.978. The van der Waals surface area contributed by atoms with Gasteiger partial charge in [0.2, 0.25) is 0 Å². The van der Waals surface area contributed by atoms with Crippen LogP contribution in [0.4, 0.5) is 0 Å². The van der Waals surface area contributed by atoms with E-state index in [0.29, 0.717) is 0 Å². The molecule has 0 saturated carbocycles. The lowest BCUT2D eigenvalue weighted by Gasteiger charge is -2.28. The molecule has 1 radical (unpaired) electrons. The van der Waals surface area contributed by atoms with Crippen molar-refractivity contribution in [2.24, 2.45) is 0 Å². The third kappa shape index (κ3) is 3.70. The molecule has 4 aromatic rings. The molecule has 0 amide bonds. The van der Waals surface area contributed by atoms with Gasteiger partial charge in [0.05, 0.1) is 0 Å². The van der Waals surface area contributed by atoms with E-state index >= 15 is 0 Å². The molecule has 0 aliphatic heterocycles. The first-order chi connectivity index (χ1) is 12.9. The maximum atomic E-state index is 2.31. The Morgan fingerprint density at radius 3 is 1.04 bits per heavy atom. The van der Waals surface area contributed by atoms with Gasteiger partial charge in [0.15, 0.2) is 8.46 Å². The van der Waals surface area contributed by atoms with Gasteiger partial charge in [-0.15, -0.1) is 0 Å². The van der Waals surface area contributed by atoms with Crippen molar-refractivity contribution in [1.82, 2.24) is 0 Å². The predicted octanol–water partition coefficient (Wildman–Crippen LogP) is 3.93. The summed E-state index contributed by atoms with van der Waals surface area (Å²) < 4.78 is 0. The van der Waals surface area contributed by atoms with Gasteiger partial charge in [-0.05, 0) is 18.1 Å². The third-order valence-electron chi connectivity index (χ3n) is 4.35. The van der Waals surface area contributed by atoms with Gasteiger partial charge in [0.1, 0.15) is 0 Å². The number of hydrogen-bond acceptors (Lipinski definition) is 0. The fourth-order valence-corrected chi connectivity index (χ4v) is 11.7. The Hall–Kier alpha value is -2.47. The van der Waals surface area contributed by atoms with E-state index in [-0.39, 0.29) is 0 Å². The zero-order valence-corrected chi connectivity index (χ0v) is 16.4. The van der Waals surface area contributed by atoms with Crippen LogP contribution in [-0.4, -0.2) is 8.46 Å². The summed E-state index contributed by atoms with van der Waals surface area (Å²) in [7, 11) is -1.44. The zero-order chi connectivity index (χ0) is 17.6. The van der Waals surface area contributed by atoms with Crippen LogP contribution >= 0.6 is 7.47 Å². The van der Waals surface area contributed by atoms with Crippen molar-refractivity contribution in [2.75, 3.05) is 0 Å². The van der Waals surface area contributed by atoms with E-state index in [9.17, 15) is 0 Å². The third-order valence-corrected chi connectivity index (χ3v) is 12.6. The molecule has 0 heterocycles. The summed E-state index contributed by atoms with van der Waals surface area (Å²) in [5, 5.41) is 5.86. The molecule has 2 heteroatoms. The highest BCUT2D eigenvalue weighted by molar-refractivity contribution is 8.04. The molecular weight excluding hydrogens is 347 g/mol. The molecule has 125 valence electrons. The molecule has 26 heavy (non-hydrogen) atoms. The van der Waals surface area contributed by atoms with Gasteiger partial charge >= 0.3 is 0 Å². The molecule has 0 spiro atoms. The molecule has 0 aromatic heterocycles. The lowest BCUT2D eigenvalue weighted by molar-refractivity contribution is 1.74. The second kappa shape index (κ2) is 8.27. The van der Waals surface area contributed by atoms with E-state index in [1.54, 1.807) is 0 Å². The van der Waals surface area contributed by atoms with Gasteiger partial charge in [-0.1, -0.05) is 132 Å². The molecule has 0 saturated heterocycles. The second-order valence-corrected chi connectivity index (χ2v) is 12.3. The Bertz CT molecular complexity index is 765. The van der Waals surface area contributed by atoms with E-state index < -0.39 is 15.9 Å². The van der Waals surface area contributed by atoms with Crippen molar-refractivity contribution in [3.63, 3.8) is 0 Å². The molecule has 4 aromatic carbocycles. The lowest BCUT2D eigenvalue weighted by atomic mass is 10.4. The topological polar surface area (TPSA) is 0 Å². The van der Waals surface area contributed by atoms with E-state index in [2.05, 4.69) is 121 Å². The van der Waals surface area contributed by atoms with Gasteiger partial charge in [0, 0.05) is 0 Å². The summed E-state index contributed by atoms with van der Waals surface area (Å²) in [6.45, 7) is 0. The second-order valence-electron chi connectivity index (χ2n) is 6.09. The molecule has 4 rings (SSSR count). The van der Waals surface area contributed by atoms with Crippen LogP contribution in [0.3, 0.4) is 0 Å². The maximum Gasteiger partial charge on any atom is 0.160 e. The highest BCUT2D eigenvalue weighted by Crippen LogP contribution is 2.36. The number of benzene rings is 4. The fraction of sp³-hybridized carbons (Fsp3) is 0. The molecule has 0 nitrogen and oxygen atoms in total. The van der Waals surface area contributed by atoms with Gasteiger partial charge in [-0.25, -0.2) is 0 Å². The monoisotopic (exact) mass is 367 g/mol. The van der Waals surface area contributed by atoms with Gasteiger partial charge in [-0.2, -0.15) is 0 Å². The standard InChI is InChI=1S/C24H20PSi/c1-5-13-21(14-6-1)25(22-15-7-2-8-16-22)26(23-17-9-3-10-18-23)24-19-11-4-12-20-24/h1-20H. The van der Waals surface area contributed by atoms with E-state index in [1.165, 1.54) is 21.0 Å². The molecule has 0 N–H and O–H groups in total. The van der Waals surface area contributed by atoms with Crippen LogP contribution in [0, 0.1) is 0 Å². The van der Waals surface area contributed by atoms with E-state index in [1.807, 2.05) is 0 Å². The number of hydrogen-bond donors (Lipinski definition) is 0. The van der Waals surface area contributed by atoms with Crippen LogP contribution in [0.25, 0.3) is 0 Å². The van der Waals surface area contributed by atoms with Crippen molar-refractivity contribution in [3.8, 4) is 0 Å². The van der Waals surface area contributed by atoms with Gasteiger partial charge < -0.3 is 0 Å². The first-order valence-corrected chi connectivity index (χ1v) is 12.5. The summed E-state index contributed by atoms with van der Waals surface area (Å²) in [5.41, 5.74) is 0. The van der Waals surface area contributed by atoms with Crippen LogP contribution in [-0.2, 0) is 0 Å². The first-order valence-electron chi connectivity index (χ1n) is 8.81. The maximum absolute atomic E-state index is 2.31. The summed E-state index contributed by atoms with van der Waals surface area (Å²) in [4.78, 5) is 0. The van der Waals surface area contributed by atoms with E-state index in [4.69, 9.17) is 0 Å². The van der Waals surface area contributed by atoms with Crippen LogP contribution in [0.1, 0.15) is 0 Å².